The predicted molar refractivity (Wildman–Crippen MR) is 98.2 cm³/mol. The van der Waals surface area contributed by atoms with E-state index in [1.54, 1.807) is 0 Å². The fourth-order valence-electron chi connectivity index (χ4n) is 4.89. The van der Waals surface area contributed by atoms with Gasteiger partial charge in [-0.1, -0.05) is 42.5 Å². The number of carbonyl (C=O) groups is 2. The molecule has 3 aliphatic rings. The highest BCUT2D eigenvalue weighted by molar-refractivity contribution is 5.87. The topological polar surface area (TPSA) is 69.6 Å². The Balaban J connectivity index is 1.30. The Hall–Kier alpha value is -2.14. The molecular formula is C21H26N2O3. The summed E-state index contributed by atoms with van der Waals surface area (Å²) in [6, 6.07) is 10.6. The number of carbonyl (C=O) groups excluding carboxylic acids is 1. The van der Waals surface area contributed by atoms with E-state index in [1.807, 2.05) is 18.2 Å². The van der Waals surface area contributed by atoms with Gasteiger partial charge in [-0.15, -0.1) is 0 Å². The van der Waals surface area contributed by atoms with Crippen molar-refractivity contribution < 1.29 is 14.7 Å². The summed E-state index contributed by atoms with van der Waals surface area (Å²) in [4.78, 5) is 26.8. The quantitative estimate of drug-likeness (QED) is 0.796. The van der Waals surface area contributed by atoms with E-state index in [2.05, 4.69) is 34.5 Å². The van der Waals surface area contributed by atoms with Gasteiger partial charge in [0.2, 0.25) is 5.91 Å². The van der Waals surface area contributed by atoms with Crippen LogP contribution in [0.1, 0.15) is 24.8 Å². The van der Waals surface area contributed by atoms with Gasteiger partial charge in [0.05, 0.1) is 11.8 Å². The molecule has 2 N–H and O–H groups in total. The van der Waals surface area contributed by atoms with Crippen LogP contribution < -0.4 is 5.32 Å². The Morgan fingerprint density at radius 2 is 1.69 bits per heavy atom. The fourth-order valence-corrected chi connectivity index (χ4v) is 4.89. The zero-order chi connectivity index (χ0) is 18.1. The Morgan fingerprint density at radius 3 is 2.35 bits per heavy atom. The summed E-state index contributed by atoms with van der Waals surface area (Å²) < 4.78 is 0. The van der Waals surface area contributed by atoms with E-state index in [0.717, 1.165) is 38.9 Å². The molecule has 1 saturated carbocycles. The largest absolute Gasteiger partial charge is 0.481 e. The van der Waals surface area contributed by atoms with Gasteiger partial charge in [-0.3, -0.25) is 14.5 Å². The Bertz CT molecular complexity index is 694. The first-order chi connectivity index (χ1) is 12.6. The van der Waals surface area contributed by atoms with Crippen LogP contribution in [0.5, 0.6) is 0 Å². The minimum Gasteiger partial charge on any atom is -0.481 e. The number of piperidine rings is 1. The number of carboxylic acid groups (broad SMARTS) is 1. The van der Waals surface area contributed by atoms with Crippen molar-refractivity contribution in [3.05, 3.63) is 48.0 Å². The molecule has 4 atom stereocenters. The van der Waals surface area contributed by atoms with Crippen LogP contribution in [0.25, 0.3) is 0 Å². The van der Waals surface area contributed by atoms with E-state index < -0.39 is 17.8 Å². The molecule has 5 heteroatoms. The summed E-state index contributed by atoms with van der Waals surface area (Å²) >= 11 is 0. The molecule has 26 heavy (non-hydrogen) atoms. The molecular weight excluding hydrogens is 328 g/mol. The first kappa shape index (κ1) is 17.3. The molecule has 2 aliphatic carbocycles. The van der Waals surface area contributed by atoms with Crippen molar-refractivity contribution in [2.24, 2.45) is 23.7 Å². The first-order valence-corrected chi connectivity index (χ1v) is 9.59. The molecule has 0 aromatic heterocycles. The molecule has 1 amide bonds. The third kappa shape index (κ3) is 3.40. The van der Waals surface area contributed by atoms with Crippen LogP contribution in [0.15, 0.2) is 42.5 Å². The van der Waals surface area contributed by atoms with Gasteiger partial charge in [0.25, 0.3) is 0 Å². The standard InChI is InChI=1S/C21H26N2O3/c24-20(18-15-6-7-16(12-15)19(18)21(25)26)22-17-8-10-23(11-9-17)13-14-4-2-1-3-5-14/h1-7,15-19H,8-13H2,(H,22,24)(H,25,26)/t15-,16+,18-,19+/m0/s1. The Kier molecular flexibility index (Phi) is 4.81. The molecule has 1 saturated heterocycles. The van der Waals surface area contributed by atoms with Crippen LogP contribution in [0.3, 0.4) is 0 Å². The molecule has 0 unspecified atom stereocenters. The molecule has 4 rings (SSSR count). The van der Waals surface area contributed by atoms with Crippen molar-refractivity contribution in [1.82, 2.24) is 10.2 Å². The Morgan fingerprint density at radius 1 is 1.04 bits per heavy atom. The normalized spacial score (nSPS) is 31.2. The second-order valence-electron chi connectivity index (χ2n) is 7.88. The zero-order valence-electron chi connectivity index (χ0n) is 14.9. The number of rotatable bonds is 5. The lowest BCUT2D eigenvalue weighted by molar-refractivity contribution is -0.148. The maximum absolute atomic E-state index is 12.8. The van der Waals surface area contributed by atoms with Crippen LogP contribution in [-0.4, -0.2) is 41.0 Å². The maximum atomic E-state index is 12.8. The number of nitrogens with zero attached hydrogens (tertiary/aromatic N) is 1. The zero-order valence-corrected chi connectivity index (χ0v) is 14.9. The third-order valence-corrected chi connectivity index (χ3v) is 6.23. The van der Waals surface area contributed by atoms with E-state index in [-0.39, 0.29) is 23.8 Å². The molecule has 1 aromatic rings. The predicted octanol–water partition coefficient (Wildman–Crippen LogP) is 2.29. The van der Waals surface area contributed by atoms with E-state index in [1.165, 1.54) is 5.56 Å². The lowest BCUT2D eigenvalue weighted by atomic mass is 9.82. The van der Waals surface area contributed by atoms with Crippen molar-refractivity contribution >= 4 is 11.9 Å². The van der Waals surface area contributed by atoms with E-state index in [9.17, 15) is 14.7 Å². The highest BCUT2D eigenvalue weighted by atomic mass is 16.4. The summed E-state index contributed by atoms with van der Waals surface area (Å²) in [5.74, 6) is -1.72. The SMILES string of the molecule is O=C(NC1CCN(Cc2ccccc2)CC1)[C@@H]1[C@H](C(=O)O)[C@@H]2C=C[C@H]1C2. The van der Waals surface area contributed by atoms with Gasteiger partial charge in [0.15, 0.2) is 0 Å². The van der Waals surface area contributed by atoms with Gasteiger partial charge in [0.1, 0.15) is 0 Å². The van der Waals surface area contributed by atoms with Crippen LogP contribution in [0.2, 0.25) is 0 Å². The fraction of sp³-hybridized carbons (Fsp3) is 0.524. The van der Waals surface area contributed by atoms with Crippen LogP contribution in [-0.2, 0) is 16.1 Å². The second kappa shape index (κ2) is 7.23. The van der Waals surface area contributed by atoms with Crippen molar-refractivity contribution in [3.8, 4) is 0 Å². The summed E-state index contributed by atoms with van der Waals surface area (Å²) in [7, 11) is 0. The maximum Gasteiger partial charge on any atom is 0.307 e. The van der Waals surface area contributed by atoms with E-state index >= 15 is 0 Å². The number of aliphatic carboxylic acids is 1. The number of nitrogens with one attached hydrogen (secondary N) is 1. The third-order valence-electron chi connectivity index (χ3n) is 6.23. The number of likely N-dealkylation sites (tertiary alicyclic amines) is 1. The summed E-state index contributed by atoms with van der Waals surface area (Å²) in [6.07, 6.45) is 6.68. The molecule has 1 aromatic carbocycles. The first-order valence-electron chi connectivity index (χ1n) is 9.59. The van der Waals surface area contributed by atoms with Gasteiger partial charge < -0.3 is 10.4 Å². The lowest BCUT2D eigenvalue weighted by Crippen LogP contribution is -2.48. The molecule has 138 valence electrons. The molecule has 5 nitrogen and oxygen atoms in total. The molecule has 2 fully saturated rings. The van der Waals surface area contributed by atoms with E-state index in [0.29, 0.717) is 0 Å². The minimum absolute atomic E-state index is 0.0287. The number of amides is 1. The van der Waals surface area contributed by atoms with Crippen molar-refractivity contribution in [1.29, 1.82) is 0 Å². The van der Waals surface area contributed by atoms with Gasteiger partial charge >= 0.3 is 5.97 Å². The van der Waals surface area contributed by atoms with Crippen molar-refractivity contribution in [3.63, 3.8) is 0 Å². The number of hydrogen-bond donors (Lipinski definition) is 2. The van der Waals surface area contributed by atoms with Crippen molar-refractivity contribution in [2.45, 2.75) is 31.8 Å². The van der Waals surface area contributed by atoms with Gasteiger partial charge in [-0.25, -0.2) is 0 Å². The summed E-state index contributed by atoms with van der Waals surface area (Å²) in [5, 5.41) is 12.7. The minimum atomic E-state index is -0.834. The number of allylic oxidation sites excluding steroid dienone is 2. The molecule has 2 bridgehead atoms. The van der Waals surface area contributed by atoms with Crippen molar-refractivity contribution in [2.75, 3.05) is 13.1 Å². The average Bonchev–Trinajstić information content (AvgIpc) is 3.25. The van der Waals surface area contributed by atoms with Crippen LogP contribution in [0.4, 0.5) is 0 Å². The summed E-state index contributed by atoms with van der Waals surface area (Å²) in [5.41, 5.74) is 1.31. The lowest BCUT2D eigenvalue weighted by Gasteiger charge is -2.34. The smallest absolute Gasteiger partial charge is 0.307 e. The molecule has 1 heterocycles. The van der Waals surface area contributed by atoms with Gasteiger partial charge in [-0.2, -0.15) is 0 Å². The average molecular weight is 354 g/mol. The second-order valence-corrected chi connectivity index (χ2v) is 7.88. The number of benzene rings is 1. The highest BCUT2D eigenvalue weighted by Gasteiger charge is 2.51. The monoisotopic (exact) mass is 354 g/mol. The van der Waals surface area contributed by atoms with Crippen LogP contribution in [0, 0.1) is 23.7 Å². The number of hydrogen-bond acceptors (Lipinski definition) is 3. The Labute approximate surface area is 154 Å². The molecule has 0 spiro atoms. The van der Waals surface area contributed by atoms with Gasteiger partial charge in [-0.05, 0) is 36.7 Å². The van der Waals surface area contributed by atoms with Gasteiger partial charge in [0, 0.05) is 25.7 Å². The molecule has 1 aliphatic heterocycles. The summed E-state index contributed by atoms with van der Waals surface area (Å²) in [6.45, 7) is 2.86. The highest BCUT2D eigenvalue weighted by Crippen LogP contribution is 2.48. The number of fused-ring (bicyclic) bond motifs is 2. The molecule has 0 radical (unpaired) electrons. The number of carboxylic acids is 1. The van der Waals surface area contributed by atoms with E-state index in [4.69, 9.17) is 0 Å². The van der Waals surface area contributed by atoms with Crippen LogP contribution >= 0.6 is 0 Å².